The second kappa shape index (κ2) is 5.19. The lowest BCUT2D eigenvalue weighted by Crippen LogP contribution is -2.32. The minimum absolute atomic E-state index is 0.0175. The van der Waals surface area contributed by atoms with E-state index in [1.807, 2.05) is 0 Å². The quantitative estimate of drug-likeness (QED) is 0.856. The van der Waals surface area contributed by atoms with Crippen molar-refractivity contribution in [3.8, 4) is 6.07 Å². The molecule has 0 radical (unpaired) electrons. The summed E-state index contributed by atoms with van der Waals surface area (Å²) in [5.41, 5.74) is 0.609. The van der Waals surface area contributed by atoms with Crippen LogP contribution in [-0.4, -0.2) is 11.0 Å². The van der Waals surface area contributed by atoms with E-state index in [1.165, 1.54) is 0 Å². The second-order valence-electron chi connectivity index (χ2n) is 4.71. The summed E-state index contributed by atoms with van der Waals surface area (Å²) in [6, 6.07) is 9.15. The van der Waals surface area contributed by atoms with E-state index >= 15 is 0 Å². The molecule has 18 heavy (non-hydrogen) atoms. The summed E-state index contributed by atoms with van der Waals surface area (Å²) >= 11 is 0. The molecule has 0 spiro atoms. The third-order valence-electron chi connectivity index (χ3n) is 3.50. The lowest BCUT2D eigenvalue weighted by molar-refractivity contribution is -0.122. The fraction of sp³-hybridized carbons (Fsp3) is 0.429. The molecule has 2 N–H and O–H groups in total. The molecule has 1 saturated carbocycles. The molecule has 1 aromatic rings. The number of hydrogen-bond donors (Lipinski definition) is 2. The van der Waals surface area contributed by atoms with Crippen molar-refractivity contribution in [2.24, 2.45) is 5.41 Å². The summed E-state index contributed by atoms with van der Waals surface area (Å²) in [7, 11) is 0. The summed E-state index contributed by atoms with van der Waals surface area (Å²) in [5, 5.41) is 20.9. The Bertz CT molecular complexity index is 468. The minimum Gasteiger partial charge on any atom is -0.392 e. The van der Waals surface area contributed by atoms with Crippen LogP contribution >= 0.6 is 0 Å². The minimum atomic E-state index is -0.852. The summed E-state index contributed by atoms with van der Waals surface area (Å²) in [6.07, 6.45) is 3.16. The fourth-order valence-electron chi connectivity index (χ4n) is 2.31. The van der Waals surface area contributed by atoms with Crippen molar-refractivity contribution in [1.29, 1.82) is 5.26 Å². The van der Waals surface area contributed by atoms with Crippen LogP contribution in [0.2, 0.25) is 0 Å². The predicted octanol–water partition coefficient (Wildman–Crippen LogP) is 2.20. The lowest BCUT2D eigenvalue weighted by Gasteiger charge is -2.19. The van der Waals surface area contributed by atoms with E-state index in [9.17, 15) is 10.1 Å². The molecule has 1 aliphatic carbocycles. The zero-order chi connectivity index (χ0) is 13.0. The fourth-order valence-corrected chi connectivity index (χ4v) is 2.31. The topological polar surface area (TPSA) is 73.1 Å². The number of nitrogens with zero attached hydrogens (tertiary/aromatic N) is 1. The molecule has 0 bridgehead atoms. The van der Waals surface area contributed by atoms with Gasteiger partial charge in [0.2, 0.25) is 5.91 Å². The van der Waals surface area contributed by atoms with Gasteiger partial charge in [-0.25, -0.2) is 0 Å². The van der Waals surface area contributed by atoms with Gasteiger partial charge in [-0.05, 0) is 30.5 Å². The second-order valence-corrected chi connectivity index (χ2v) is 4.71. The van der Waals surface area contributed by atoms with Crippen LogP contribution in [0.3, 0.4) is 0 Å². The Morgan fingerprint density at radius 1 is 1.33 bits per heavy atom. The Labute approximate surface area is 106 Å². The number of hydrogen-bond acceptors (Lipinski definition) is 3. The number of benzene rings is 1. The van der Waals surface area contributed by atoms with E-state index < -0.39 is 5.41 Å². The van der Waals surface area contributed by atoms with E-state index in [4.69, 9.17) is 5.11 Å². The number of nitrogens with one attached hydrogen (secondary N) is 1. The molecule has 1 fully saturated rings. The largest absolute Gasteiger partial charge is 0.392 e. The van der Waals surface area contributed by atoms with Crippen molar-refractivity contribution >= 4 is 11.6 Å². The maximum absolute atomic E-state index is 12.1. The van der Waals surface area contributed by atoms with Gasteiger partial charge in [0.05, 0.1) is 12.7 Å². The van der Waals surface area contributed by atoms with Gasteiger partial charge in [0.25, 0.3) is 0 Å². The Morgan fingerprint density at radius 2 is 1.94 bits per heavy atom. The van der Waals surface area contributed by atoms with Crippen molar-refractivity contribution in [2.45, 2.75) is 32.3 Å². The van der Waals surface area contributed by atoms with Crippen molar-refractivity contribution in [1.82, 2.24) is 0 Å². The van der Waals surface area contributed by atoms with Crippen molar-refractivity contribution in [2.75, 3.05) is 5.32 Å². The summed E-state index contributed by atoms with van der Waals surface area (Å²) in [5.74, 6) is -0.209. The van der Waals surface area contributed by atoms with Crippen molar-refractivity contribution in [3.05, 3.63) is 29.8 Å². The molecule has 94 valence electrons. The number of aliphatic hydroxyl groups excluding tert-OH is 1. The Hall–Kier alpha value is -1.86. The SMILES string of the molecule is N#CC1(C(=O)Nc2ccc(CO)cc2)CCCC1. The van der Waals surface area contributed by atoms with Gasteiger partial charge in [-0.15, -0.1) is 0 Å². The van der Waals surface area contributed by atoms with E-state index in [2.05, 4.69) is 11.4 Å². The highest BCUT2D eigenvalue weighted by molar-refractivity contribution is 5.97. The molecule has 4 nitrogen and oxygen atoms in total. The van der Waals surface area contributed by atoms with Gasteiger partial charge < -0.3 is 10.4 Å². The van der Waals surface area contributed by atoms with Crippen LogP contribution in [-0.2, 0) is 11.4 Å². The van der Waals surface area contributed by atoms with E-state index in [1.54, 1.807) is 24.3 Å². The van der Waals surface area contributed by atoms with Crippen LogP contribution in [0.25, 0.3) is 0 Å². The summed E-state index contributed by atoms with van der Waals surface area (Å²) in [6.45, 7) is -0.0175. The van der Waals surface area contributed by atoms with Crippen LogP contribution in [0.1, 0.15) is 31.2 Å². The Kier molecular flexibility index (Phi) is 3.63. The lowest BCUT2D eigenvalue weighted by atomic mass is 9.87. The van der Waals surface area contributed by atoms with E-state index in [0.29, 0.717) is 18.5 Å². The van der Waals surface area contributed by atoms with Crippen molar-refractivity contribution < 1.29 is 9.90 Å². The van der Waals surface area contributed by atoms with Crippen LogP contribution < -0.4 is 5.32 Å². The van der Waals surface area contributed by atoms with Crippen LogP contribution in [0.15, 0.2) is 24.3 Å². The number of amides is 1. The van der Waals surface area contributed by atoms with Gasteiger partial charge in [-0.3, -0.25) is 4.79 Å². The van der Waals surface area contributed by atoms with Crippen molar-refractivity contribution in [3.63, 3.8) is 0 Å². The summed E-state index contributed by atoms with van der Waals surface area (Å²) in [4.78, 5) is 12.1. The Morgan fingerprint density at radius 3 is 2.44 bits per heavy atom. The highest BCUT2D eigenvalue weighted by Crippen LogP contribution is 2.38. The van der Waals surface area contributed by atoms with Crippen LogP contribution in [0, 0.1) is 16.7 Å². The molecule has 1 amide bonds. The average molecular weight is 244 g/mol. The molecule has 0 saturated heterocycles. The number of aliphatic hydroxyl groups is 1. The highest BCUT2D eigenvalue weighted by atomic mass is 16.3. The standard InChI is InChI=1S/C14H16N2O2/c15-10-14(7-1-2-8-14)13(18)16-12-5-3-11(9-17)4-6-12/h3-6,17H,1-2,7-9H2,(H,16,18). The summed E-state index contributed by atoms with van der Waals surface area (Å²) < 4.78 is 0. The predicted molar refractivity (Wildman–Crippen MR) is 67.5 cm³/mol. The van der Waals surface area contributed by atoms with Gasteiger partial charge in [0.1, 0.15) is 5.41 Å². The third kappa shape index (κ3) is 2.36. The first-order valence-corrected chi connectivity index (χ1v) is 6.13. The molecular formula is C14H16N2O2. The van der Waals surface area contributed by atoms with Gasteiger partial charge in [0.15, 0.2) is 0 Å². The molecule has 0 atom stereocenters. The zero-order valence-corrected chi connectivity index (χ0v) is 10.1. The number of nitriles is 1. The first kappa shape index (κ1) is 12.6. The third-order valence-corrected chi connectivity index (χ3v) is 3.50. The van der Waals surface area contributed by atoms with E-state index in [0.717, 1.165) is 18.4 Å². The molecule has 0 heterocycles. The zero-order valence-electron chi connectivity index (χ0n) is 10.1. The van der Waals surface area contributed by atoms with Gasteiger partial charge in [-0.2, -0.15) is 5.26 Å². The number of carbonyl (C=O) groups excluding carboxylic acids is 1. The van der Waals surface area contributed by atoms with Gasteiger partial charge in [-0.1, -0.05) is 25.0 Å². The molecule has 0 aromatic heterocycles. The molecule has 1 aromatic carbocycles. The molecule has 2 rings (SSSR count). The highest BCUT2D eigenvalue weighted by Gasteiger charge is 2.41. The molecule has 4 heteroatoms. The van der Waals surface area contributed by atoms with Crippen LogP contribution in [0.5, 0.6) is 0 Å². The molecular weight excluding hydrogens is 228 g/mol. The maximum atomic E-state index is 12.1. The smallest absolute Gasteiger partial charge is 0.244 e. The Balaban J connectivity index is 2.08. The number of anilines is 1. The number of rotatable bonds is 3. The molecule has 1 aliphatic rings. The monoisotopic (exact) mass is 244 g/mol. The van der Waals surface area contributed by atoms with Gasteiger partial charge >= 0.3 is 0 Å². The molecule has 0 aliphatic heterocycles. The first-order chi connectivity index (χ1) is 8.70. The number of carbonyl (C=O) groups is 1. The normalized spacial score (nSPS) is 17.1. The molecule has 0 unspecified atom stereocenters. The van der Waals surface area contributed by atoms with E-state index in [-0.39, 0.29) is 12.5 Å². The first-order valence-electron chi connectivity index (χ1n) is 6.13. The van der Waals surface area contributed by atoms with Gasteiger partial charge in [0, 0.05) is 5.69 Å². The van der Waals surface area contributed by atoms with Crippen LogP contribution in [0.4, 0.5) is 5.69 Å². The maximum Gasteiger partial charge on any atom is 0.244 e. The average Bonchev–Trinajstić information content (AvgIpc) is 2.89.